The van der Waals surface area contributed by atoms with E-state index in [1.165, 1.54) is 10.2 Å². The van der Waals surface area contributed by atoms with Gasteiger partial charge >= 0.3 is 0 Å². The van der Waals surface area contributed by atoms with Crippen LogP contribution in [0.5, 0.6) is 5.75 Å². The molecule has 2 unspecified atom stereocenters. The number of hydrogen-bond donors (Lipinski definition) is 1. The van der Waals surface area contributed by atoms with E-state index in [9.17, 15) is 4.79 Å². The molecular weight excluding hydrogens is 433 g/mol. The molecule has 164 valence electrons. The molecule has 31 heavy (non-hydrogen) atoms. The number of carbonyl (C=O) groups excluding carboxylic acids is 1. The topological polar surface area (TPSA) is 56.2 Å². The molecule has 0 bridgehead atoms. The van der Waals surface area contributed by atoms with Crippen LogP contribution in [0.3, 0.4) is 0 Å². The lowest BCUT2D eigenvalue weighted by molar-refractivity contribution is 0.0928. The summed E-state index contributed by atoms with van der Waals surface area (Å²) in [4.78, 5) is 12.7. The summed E-state index contributed by atoms with van der Waals surface area (Å²) in [7, 11) is 0. The van der Waals surface area contributed by atoms with Gasteiger partial charge in [-0.15, -0.1) is 0 Å². The lowest BCUT2D eigenvalue weighted by Gasteiger charge is -2.18. The van der Waals surface area contributed by atoms with Crippen LogP contribution >= 0.6 is 23.2 Å². The van der Waals surface area contributed by atoms with Crippen molar-refractivity contribution in [3.63, 3.8) is 0 Å². The molecule has 0 saturated heterocycles. The van der Waals surface area contributed by atoms with E-state index in [0.29, 0.717) is 27.4 Å². The highest BCUT2D eigenvalue weighted by molar-refractivity contribution is 6.42. The van der Waals surface area contributed by atoms with Crippen LogP contribution < -0.4 is 10.1 Å². The van der Waals surface area contributed by atoms with Gasteiger partial charge in [-0.3, -0.25) is 4.79 Å². The molecule has 7 heteroatoms. The minimum absolute atomic E-state index is 0.0786. The Kier molecular flexibility index (Phi) is 7.99. The molecule has 2 atom stereocenters. The summed E-state index contributed by atoms with van der Waals surface area (Å²) in [6, 6.07) is 15.2. The Hall–Kier alpha value is -2.50. The van der Waals surface area contributed by atoms with Gasteiger partial charge in [-0.05, 0) is 48.1 Å². The van der Waals surface area contributed by atoms with Crippen LogP contribution in [-0.4, -0.2) is 15.7 Å². The molecule has 0 saturated carbocycles. The summed E-state index contributed by atoms with van der Waals surface area (Å²) in [5.74, 6) is 0.761. The van der Waals surface area contributed by atoms with Crippen molar-refractivity contribution in [2.75, 3.05) is 0 Å². The first-order chi connectivity index (χ1) is 14.9. The van der Waals surface area contributed by atoms with Crippen LogP contribution in [0.2, 0.25) is 10.0 Å². The zero-order chi connectivity index (χ0) is 22.4. The van der Waals surface area contributed by atoms with Crippen molar-refractivity contribution in [2.45, 2.75) is 52.3 Å². The SMILES string of the molecule is CCC(C)c1ccc(C(CC)NC(=O)c2ccn(COc3cccc(Cl)c3Cl)n2)cc1. The van der Waals surface area contributed by atoms with Gasteiger partial charge in [0, 0.05) is 6.20 Å². The maximum atomic E-state index is 12.7. The maximum Gasteiger partial charge on any atom is 0.272 e. The van der Waals surface area contributed by atoms with Crippen LogP contribution in [0.4, 0.5) is 0 Å². The standard InChI is InChI=1S/C24H27Cl2N3O2/c1-4-16(3)17-9-11-18(12-10-17)20(5-2)27-24(30)21-13-14-29(28-21)15-31-22-8-6-7-19(25)23(22)26/h6-14,16,20H,4-5,15H2,1-3H3,(H,27,30). The van der Waals surface area contributed by atoms with E-state index < -0.39 is 0 Å². The van der Waals surface area contributed by atoms with E-state index in [4.69, 9.17) is 27.9 Å². The highest BCUT2D eigenvalue weighted by atomic mass is 35.5. The molecule has 1 amide bonds. The molecule has 2 aromatic carbocycles. The molecule has 0 spiro atoms. The van der Waals surface area contributed by atoms with Gasteiger partial charge in [0.25, 0.3) is 5.91 Å². The van der Waals surface area contributed by atoms with Gasteiger partial charge < -0.3 is 10.1 Å². The number of benzene rings is 2. The Morgan fingerprint density at radius 1 is 1.06 bits per heavy atom. The zero-order valence-corrected chi connectivity index (χ0v) is 19.5. The molecule has 5 nitrogen and oxygen atoms in total. The number of rotatable bonds is 9. The Balaban J connectivity index is 1.62. The monoisotopic (exact) mass is 459 g/mol. The van der Waals surface area contributed by atoms with Gasteiger partial charge in [-0.25, -0.2) is 4.68 Å². The fourth-order valence-electron chi connectivity index (χ4n) is 3.23. The summed E-state index contributed by atoms with van der Waals surface area (Å²) in [5, 5.41) is 8.15. The Labute approximate surface area is 193 Å². The molecule has 0 aliphatic carbocycles. The number of halogens is 2. The number of nitrogens with zero attached hydrogens (tertiary/aromatic N) is 2. The first-order valence-electron chi connectivity index (χ1n) is 10.4. The minimum atomic E-state index is -0.225. The summed E-state index contributed by atoms with van der Waals surface area (Å²) >= 11 is 12.1. The number of hydrogen-bond acceptors (Lipinski definition) is 3. The average molecular weight is 460 g/mol. The number of ether oxygens (including phenoxy) is 1. The molecule has 3 rings (SSSR count). The molecule has 3 aromatic rings. The second-order valence-corrected chi connectivity index (χ2v) is 8.26. The average Bonchev–Trinajstić information content (AvgIpc) is 3.27. The smallest absolute Gasteiger partial charge is 0.272 e. The van der Waals surface area contributed by atoms with E-state index in [1.54, 1.807) is 30.5 Å². The van der Waals surface area contributed by atoms with E-state index in [-0.39, 0.29) is 18.7 Å². The Morgan fingerprint density at radius 2 is 1.77 bits per heavy atom. The Morgan fingerprint density at radius 3 is 2.45 bits per heavy atom. The van der Waals surface area contributed by atoms with E-state index in [0.717, 1.165) is 18.4 Å². The first-order valence-corrected chi connectivity index (χ1v) is 11.2. The van der Waals surface area contributed by atoms with Crippen LogP contribution in [-0.2, 0) is 6.73 Å². The fraction of sp³-hybridized carbons (Fsp3) is 0.333. The van der Waals surface area contributed by atoms with Gasteiger partial charge in [0.1, 0.15) is 16.5 Å². The lowest BCUT2D eigenvalue weighted by atomic mass is 9.95. The van der Waals surface area contributed by atoms with Gasteiger partial charge in [0.15, 0.2) is 6.73 Å². The van der Waals surface area contributed by atoms with E-state index in [1.807, 2.05) is 0 Å². The van der Waals surface area contributed by atoms with Gasteiger partial charge in [-0.2, -0.15) is 5.10 Å². The predicted molar refractivity (Wildman–Crippen MR) is 125 cm³/mol. The summed E-state index contributed by atoms with van der Waals surface area (Å²) < 4.78 is 7.20. The van der Waals surface area contributed by atoms with Crippen LogP contribution in [0.25, 0.3) is 0 Å². The van der Waals surface area contributed by atoms with Crippen molar-refractivity contribution in [3.05, 3.63) is 81.6 Å². The van der Waals surface area contributed by atoms with Crippen molar-refractivity contribution < 1.29 is 9.53 Å². The Bertz CT molecular complexity index is 1020. The minimum Gasteiger partial charge on any atom is -0.470 e. The molecule has 1 aromatic heterocycles. The van der Waals surface area contributed by atoms with Crippen molar-refractivity contribution >= 4 is 29.1 Å². The first kappa shape index (κ1) is 23.2. The van der Waals surface area contributed by atoms with Crippen molar-refractivity contribution in [3.8, 4) is 5.75 Å². The largest absolute Gasteiger partial charge is 0.470 e. The third-order valence-corrected chi connectivity index (χ3v) is 6.18. The second kappa shape index (κ2) is 10.7. The third-order valence-electron chi connectivity index (χ3n) is 5.38. The molecular formula is C24H27Cl2N3O2. The molecule has 0 fully saturated rings. The maximum absolute atomic E-state index is 12.7. The highest BCUT2D eigenvalue weighted by Gasteiger charge is 2.17. The van der Waals surface area contributed by atoms with Crippen molar-refractivity contribution in [2.24, 2.45) is 0 Å². The summed E-state index contributed by atoms with van der Waals surface area (Å²) in [6.07, 6.45) is 3.57. The number of nitrogens with one attached hydrogen (secondary N) is 1. The second-order valence-electron chi connectivity index (χ2n) is 7.48. The molecule has 0 aliphatic rings. The summed E-state index contributed by atoms with van der Waals surface area (Å²) in [6.45, 7) is 6.56. The molecule has 0 aliphatic heterocycles. The zero-order valence-electron chi connectivity index (χ0n) is 17.9. The number of carbonyl (C=O) groups is 1. The van der Waals surface area contributed by atoms with Crippen molar-refractivity contribution in [1.82, 2.24) is 15.1 Å². The fourth-order valence-corrected chi connectivity index (χ4v) is 3.58. The molecule has 1 N–H and O–H groups in total. The lowest BCUT2D eigenvalue weighted by Crippen LogP contribution is -2.28. The van der Waals surface area contributed by atoms with E-state index in [2.05, 4.69) is 55.5 Å². The van der Waals surface area contributed by atoms with Gasteiger partial charge in [0.05, 0.1) is 11.1 Å². The predicted octanol–water partition coefficient (Wildman–Crippen LogP) is 6.62. The summed E-state index contributed by atoms with van der Waals surface area (Å²) in [5.41, 5.74) is 2.72. The van der Waals surface area contributed by atoms with Gasteiger partial charge in [-0.1, -0.05) is 74.3 Å². The number of aromatic nitrogens is 2. The van der Waals surface area contributed by atoms with Crippen LogP contribution in [0.1, 0.15) is 67.2 Å². The highest BCUT2D eigenvalue weighted by Crippen LogP contribution is 2.31. The van der Waals surface area contributed by atoms with Gasteiger partial charge in [0.2, 0.25) is 0 Å². The van der Waals surface area contributed by atoms with Crippen molar-refractivity contribution in [1.29, 1.82) is 0 Å². The number of amides is 1. The van der Waals surface area contributed by atoms with Crippen LogP contribution in [0.15, 0.2) is 54.7 Å². The quantitative estimate of drug-likeness (QED) is 0.390. The molecule has 0 radical (unpaired) electrons. The normalized spacial score (nSPS) is 12.9. The van der Waals surface area contributed by atoms with Crippen LogP contribution in [0, 0.1) is 0 Å². The van der Waals surface area contributed by atoms with E-state index >= 15 is 0 Å². The third kappa shape index (κ3) is 5.81. The molecule has 1 heterocycles.